The minimum atomic E-state index is -0.266. The standard InChI is InChI=1S/C12H10FNO/c1-8-5-6-9(7-10(8)13)11-3-2-4-12(15)14-11/h2-7H,1H3,(H,14,15). The van der Waals surface area contributed by atoms with Gasteiger partial charge in [-0.2, -0.15) is 0 Å². The van der Waals surface area contributed by atoms with E-state index in [4.69, 9.17) is 0 Å². The van der Waals surface area contributed by atoms with Gasteiger partial charge in [-0.25, -0.2) is 4.39 Å². The fraction of sp³-hybridized carbons (Fsp3) is 0.0833. The van der Waals surface area contributed by atoms with Crippen LogP contribution in [-0.4, -0.2) is 4.98 Å². The number of aromatic nitrogens is 1. The number of H-pyrrole nitrogens is 1. The van der Waals surface area contributed by atoms with Gasteiger partial charge < -0.3 is 4.98 Å². The number of rotatable bonds is 1. The number of nitrogens with one attached hydrogen (secondary N) is 1. The zero-order valence-electron chi connectivity index (χ0n) is 8.25. The van der Waals surface area contributed by atoms with Crippen LogP contribution >= 0.6 is 0 Å². The molecule has 2 aromatic rings. The van der Waals surface area contributed by atoms with E-state index >= 15 is 0 Å². The van der Waals surface area contributed by atoms with E-state index < -0.39 is 0 Å². The molecule has 1 heterocycles. The predicted octanol–water partition coefficient (Wildman–Crippen LogP) is 2.49. The monoisotopic (exact) mass is 203 g/mol. The summed E-state index contributed by atoms with van der Waals surface area (Å²) in [5.74, 6) is -0.266. The summed E-state index contributed by atoms with van der Waals surface area (Å²) in [7, 11) is 0. The first-order valence-corrected chi connectivity index (χ1v) is 4.63. The van der Waals surface area contributed by atoms with Crippen LogP contribution < -0.4 is 5.56 Å². The van der Waals surface area contributed by atoms with Gasteiger partial charge in [0.25, 0.3) is 0 Å². The van der Waals surface area contributed by atoms with Gasteiger partial charge in [0.15, 0.2) is 0 Å². The third kappa shape index (κ3) is 1.96. The maximum absolute atomic E-state index is 13.3. The topological polar surface area (TPSA) is 32.9 Å². The van der Waals surface area contributed by atoms with E-state index in [1.54, 1.807) is 31.2 Å². The zero-order chi connectivity index (χ0) is 10.8. The molecule has 1 aromatic heterocycles. The second-order valence-electron chi connectivity index (χ2n) is 3.39. The van der Waals surface area contributed by atoms with E-state index in [2.05, 4.69) is 4.98 Å². The molecule has 0 atom stereocenters. The van der Waals surface area contributed by atoms with Crippen molar-refractivity contribution in [1.82, 2.24) is 4.98 Å². The quantitative estimate of drug-likeness (QED) is 0.758. The second-order valence-corrected chi connectivity index (χ2v) is 3.39. The Balaban J connectivity index is 2.55. The highest BCUT2D eigenvalue weighted by molar-refractivity contribution is 5.59. The highest BCUT2D eigenvalue weighted by Gasteiger charge is 2.01. The van der Waals surface area contributed by atoms with Crippen molar-refractivity contribution in [2.45, 2.75) is 6.92 Å². The third-order valence-electron chi connectivity index (χ3n) is 2.25. The van der Waals surface area contributed by atoms with Crippen LogP contribution in [0.2, 0.25) is 0 Å². The van der Waals surface area contributed by atoms with Gasteiger partial charge in [-0.1, -0.05) is 18.2 Å². The Labute approximate surface area is 86.4 Å². The lowest BCUT2D eigenvalue weighted by Gasteiger charge is -2.02. The lowest BCUT2D eigenvalue weighted by molar-refractivity contribution is 0.619. The van der Waals surface area contributed by atoms with Crippen molar-refractivity contribution in [2.24, 2.45) is 0 Å². The number of pyridine rings is 1. The SMILES string of the molecule is Cc1ccc(-c2cccc(=O)[nH]2)cc1F. The van der Waals surface area contributed by atoms with Gasteiger partial charge in [0.05, 0.1) is 0 Å². The normalized spacial score (nSPS) is 10.3. The minimum Gasteiger partial charge on any atom is -0.322 e. The van der Waals surface area contributed by atoms with Gasteiger partial charge in [-0.3, -0.25) is 4.79 Å². The summed E-state index contributed by atoms with van der Waals surface area (Å²) in [6.07, 6.45) is 0. The average Bonchev–Trinajstić information content (AvgIpc) is 2.22. The van der Waals surface area contributed by atoms with Gasteiger partial charge in [-0.15, -0.1) is 0 Å². The summed E-state index contributed by atoms with van der Waals surface area (Å²) < 4.78 is 13.3. The summed E-state index contributed by atoms with van der Waals surface area (Å²) in [6, 6.07) is 9.70. The lowest BCUT2D eigenvalue weighted by Crippen LogP contribution is -2.03. The zero-order valence-corrected chi connectivity index (χ0v) is 8.25. The number of aryl methyl sites for hydroxylation is 1. The van der Waals surface area contributed by atoms with E-state index in [1.807, 2.05) is 0 Å². The predicted molar refractivity (Wildman–Crippen MR) is 57.2 cm³/mol. The Kier molecular flexibility index (Phi) is 2.37. The van der Waals surface area contributed by atoms with Crippen LogP contribution in [0.25, 0.3) is 11.3 Å². The maximum Gasteiger partial charge on any atom is 0.248 e. The van der Waals surface area contributed by atoms with Crippen LogP contribution in [-0.2, 0) is 0 Å². The van der Waals surface area contributed by atoms with Crippen LogP contribution in [0, 0.1) is 12.7 Å². The molecular formula is C12H10FNO. The Morgan fingerprint density at radius 2 is 2.00 bits per heavy atom. The Morgan fingerprint density at radius 3 is 2.67 bits per heavy atom. The first-order chi connectivity index (χ1) is 7.16. The molecule has 15 heavy (non-hydrogen) atoms. The van der Waals surface area contributed by atoms with Gasteiger partial charge in [0.1, 0.15) is 5.82 Å². The molecule has 2 rings (SSSR count). The number of hydrogen-bond acceptors (Lipinski definition) is 1. The van der Waals surface area contributed by atoms with Crippen molar-refractivity contribution in [3.63, 3.8) is 0 Å². The number of aromatic amines is 1. The van der Waals surface area contributed by atoms with Crippen molar-refractivity contribution in [1.29, 1.82) is 0 Å². The van der Waals surface area contributed by atoms with Crippen molar-refractivity contribution in [3.8, 4) is 11.3 Å². The highest BCUT2D eigenvalue weighted by Crippen LogP contribution is 2.18. The summed E-state index contributed by atoms with van der Waals surface area (Å²) in [4.78, 5) is 13.7. The minimum absolute atomic E-state index is 0.187. The molecule has 0 unspecified atom stereocenters. The molecular weight excluding hydrogens is 193 g/mol. The summed E-state index contributed by atoms with van der Waals surface area (Å²) in [6.45, 7) is 1.70. The third-order valence-corrected chi connectivity index (χ3v) is 2.25. The fourth-order valence-electron chi connectivity index (χ4n) is 1.38. The van der Waals surface area contributed by atoms with Crippen LogP contribution in [0.15, 0.2) is 41.2 Å². The van der Waals surface area contributed by atoms with Crippen molar-refractivity contribution < 1.29 is 4.39 Å². The average molecular weight is 203 g/mol. The van der Waals surface area contributed by atoms with E-state index in [0.29, 0.717) is 16.8 Å². The van der Waals surface area contributed by atoms with Gasteiger partial charge in [0.2, 0.25) is 5.56 Å². The van der Waals surface area contributed by atoms with Crippen LogP contribution in [0.1, 0.15) is 5.56 Å². The molecule has 76 valence electrons. The first-order valence-electron chi connectivity index (χ1n) is 4.63. The van der Waals surface area contributed by atoms with Crippen molar-refractivity contribution >= 4 is 0 Å². The molecule has 0 saturated heterocycles. The highest BCUT2D eigenvalue weighted by atomic mass is 19.1. The molecule has 2 nitrogen and oxygen atoms in total. The molecule has 1 aromatic carbocycles. The largest absolute Gasteiger partial charge is 0.322 e. The second kappa shape index (κ2) is 3.69. The molecule has 1 N–H and O–H groups in total. The molecule has 0 spiro atoms. The molecule has 0 bridgehead atoms. The molecule has 0 fully saturated rings. The molecule has 0 amide bonds. The van der Waals surface area contributed by atoms with E-state index in [1.165, 1.54) is 12.1 Å². The molecule has 0 aliphatic carbocycles. The van der Waals surface area contributed by atoms with Gasteiger partial charge in [0, 0.05) is 17.3 Å². The van der Waals surface area contributed by atoms with E-state index in [9.17, 15) is 9.18 Å². The number of benzene rings is 1. The van der Waals surface area contributed by atoms with Crippen molar-refractivity contribution in [2.75, 3.05) is 0 Å². The molecule has 0 saturated carbocycles. The van der Waals surface area contributed by atoms with E-state index in [0.717, 1.165) is 0 Å². The Morgan fingerprint density at radius 1 is 1.20 bits per heavy atom. The molecule has 3 heteroatoms. The Bertz CT molecular complexity index is 545. The maximum atomic E-state index is 13.3. The molecule has 0 aliphatic rings. The smallest absolute Gasteiger partial charge is 0.248 e. The fourth-order valence-corrected chi connectivity index (χ4v) is 1.38. The molecule has 0 aliphatic heterocycles. The number of halogens is 1. The van der Waals surface area contributed by atoms with Gasteiger partial charge >= 0.3 is 0 Å². The number of hydrogen-bond donors (Lipinski definition) is 1. The summed E-state index contributed by atoms with van der Waals surface area (Å²) in [5, 5.41) is 0. The summed E-state index contributed by atoms with van der Waals surface area (Å²) in [5.41, 5.74) is 1.71. The first kappa shape index (κ1) is 9.65. The Hall–Kier alpha value is -1.90. The van der Waals surface area contributed by atoms with Crippen LogP contribution in [0.5, 0.6) is 0 Å². The molecule has 0 radical (unpaired) electrons. The lowest BCUT2D eigenvalue weighted by atomic mass is 10.1. The van der Waals surface area contributed by atoms with Crippen LogP contribution in [0.4, 0.5) is 4.39 Å². The summed E-state index contributed by atoms with van der Waals surface area (Å²) >= 11 is 0. The van der Waals surface area contributed by atoms with Crippen LogP contribution in [0.3, 0.4) is 0 Å². The van der Waals surface area contributed by atoms with Crippen molar-refractivity contribution in [3.05, 3.63) is 58.1 Å². The van der Waals surface area contributed by atoms with E-state index in [-0.39, 0.29) is 11.4 Å². The van der Waals surface area contributed by atoms with Gasteiger partial charge in [-0.05, 0) is 24.6 Å².